The minimum Gasteiger partial charge on any atom is -0.273 e. The summed E-state index contributed by atoms with van der Waals surface area (Å²) in [4.78, 5) is 0. The van der Waals surface area contributed by atoms with E-state index < -0.39 is 22.8 Å². The predicted octanol–water partition coefficient (Wildman–Crippen LogP) is 4.81. The highest BCUT2D eigenvalue weighted by molar-refractivity contribution is 7.94. The minimum absolute atomic E-state index is 0.728. The van der Waals surface area contributed by atoms with Crippen molar-refractivity contribution in [1.29, 1.82) is 0 Å². The Morgan fingerprint density at radius 1 is 1.04 bits per heavy atom. The first-order chi connectivity index (χ1) is 10.8. The molecular formula is C18H27NO2S2Si. The van der Waals surface area contributed by atoms with Crippen LogP contribution in [0.2, 0.25) is 19.6 Å². The Hall–Kier alpha value is -1.11. The van der Waals surface area contributed by atoms with E-state index >= 15 is 0 Å². The summed E-state index contributed by atoms with van der Waals surface area (Å²) >= 11 is 1.58. The van der Waals surface area contributed by atoms with Crippen molar-refractivity contribution < 1.29 is 8.42 Å². The third-order valence-electron chi connectivity index (χ3n) is 3.87. The fourth-order valence-corrected chi connectivity index (χ4v) is 6.01. The van der Waals surface area contributed by atoms with Gasteiger partial charge in [-0.2, -0.15) is 0 Å². The standard InChI is InChI=1S/C18H27NO2S2Si/c1-13-8-10-14(11-9-13)15-12-16(24(5,6)7)22-17(15)19-23(20,21)18(2,3)4/h8-12,19H,1-7H3. The lowest BCUT2D eigenvalue weighted by Crippen LogP contribution is -2.35. The Bertz CT molecular complexity index is 823. The van der Waals surface area contributed by atoms with Gasteiger partial charge in [0.25, 0.3) is 0 Å². The second kappa shape index (κ2) is 6.31. The number of aryl methyl sites for hydroxylation is 1. The summed E-state index contributed by atoms with van der Waals surface area (Å²) < 4.78 is 28.5. The van der Waals surface area contributed by atoms with Crippen molar-refractivity contribution >= 4 is 38.9 Å². The van der Waals surface area contributed by atoms with E-state index in [0.717, 1.165) is 16.1 Å². The second-order valence-electron chi connectivity index (χ2n) is 8.19. The molecular weight excluding hydrogens is 354 g/mol. The van der Waals surface area contributed by atoms with Gasteiger partial charge in [-0.25, -0.2) is 8.42 Å². The lowest BCUT2D eigenvalue weighted by Gasteiger charge is -2.20. The molecule has 1 N–H and O–H groups in total. The van der Waals surface area contributed by atoms with Gasteiger partial charge in [-0.05, 0) is 43.8 Å². The average molecular weight is 382 g/mol. The van der Waals surface area contributed by atoms with Crippen molar-refractivity contribution in [3.05, 3.63) is 35.9 Å². The second-order valence-corrected chi connectivity index (χ2v) is 17.1. The van der Waals surface area contributed by atoms with E-state index in [4.69, 9.17) is 0 Å². The molecule has 0 aliphatic carbocycles. The fourth-order valence-electron chi connectivity index (χ4n) is 2.06. The maximum Gasteiger partial charge on any atom is 0.238 e. The summed E-state index contributed by atoms with van der Waals surface area (Å²) in [7, 11) is -4.97. The van der Waals surface area contributed by atoms with Crippen LogP contribution in [0.4, 0.5) is 5.00 Å². The van der Waals surface area contributed by atoms with Gasteiger partial charge < -0.3 is 0 Å². The van der Waals surface area contributed by atoms with Gasteiger partial charge in [0.15, 0.2) is 0 Å². The number of benzene rings is 1. The molecule has 0 spiro atoms. The number of thiophene rings is 1. The molecule has 0 bridgehead atoms. The van der Waals surface area contributed by atoms with Crippen LogP contribution in [0.3, 0.4) is 0 Å². The molecule has 0 saturated heterocycles. The van der Waals surface area contributed by atoms with Crippen molar-refractivity contribution in [1.82, 2.24) is 0 Å². The zero-order valence-electron chi connectivity index (χ0n) is 15.5. The molecule has 1 aromatic heterocycles. The van der Waals surface area contributed by atoms with Crippen LogP contribution in [-0.2, 0) is 10.0 Å². The van der Waals surface area contributed by atoms with E-state index in [1.54, 1.807) is 32.1 Å². The van der Waals surface area contributed by atoms with Crippen LogP contribution in [0.15, 0.2) is 30.3 Å². The summed E-state index contributed by atoms with van der Waals surface area (Å²) in [5.41, 5.74) is 3.22. The first-order valence-corrected chi connectivity index (χ1v) is 13.8. The summed E-state index contributed by atoms with van der Waals surface area (Å²) in [6.45, 7) is 14.0. The van der Waals surface area contributed by atoms with Crippen LogP contribution in [-0.4, -0.2) is 21.2 Å². The molecule has 0 aliphatic heterocycles. The van der Waals surface area contributed by atoms with Crippen molar-refractivity contribution in [3.63, 3.8) is 0 Å². The zero-order chi connectivity index (χ0) is 18.3. The highest BCUT2D eigenvalue weighted by Gasteiger charge is 2.31. The van der Waals surface area contributed by atoms with Crippen LogP contribution in [0, 0.1) is 6.92 Å². The number of nitrogens with one attached hydrogen (secondary N) is 1. The van der Waals surface area contributed by atoms with Crippen molar-refractivity contribution in [2.24, 2.45) is 0 Å². The highest BCUT2D eigenvalue weighted by Crippen LogP contribution is 2.35. The molecule has 0 fully saturated rings. The lowest BCUT2D eigenvalue weighted by molar-refractivity contribution is 0.566. The Morgan fingerprint density at radius 2 is 1.58 bits per heavy atom. The molecule has 2 rings (SSSR count). The molecule has 0 unspecified atom stereocenters. The van der Waals surface area contributed by atoms with Crippen molar-refractivity contribution in [2.75, 3.05) is 4.72 Å². The fraction of sp³-hybridized carbons (Fsp3) is 0.444. The Labute approximate surface area is 151 Å². The predicted molar refractivity (Wildman–Crippen MR) is 110 cm³/mol. The molecule has 1 aromatic carbocycles. The SMILES string of the molecule is Cc1ccc(-c2cc([Si](C)(C)C)sc2NS(=O)(=O)C(C)(C)C)cc1. The molecule has 1 heterocycles. The van der Waals surface area contributed by atoms with Crippen LogP contribution in [0.25, 0.3) is 11.1 Å². The number of sulfonamides is 1. The molecule has 0 aliphatic rings. The Morgan fingerprint density at radius 3 is 2.04 bits per heavy atom. The molecule has 0 atom stereocenters. The van der Waals surface area contributed by atoms with Crippen LogP contribution >= 0.6 is 11.3 Å². The normalized spacial score (nSPS) is 13.1. The van der Waals surface area contributed by atoms with E-state index in [-0.39, 0.29) is 0 Å². The number of hydrogen-bond acceptors (Lipinski definition) is 3. The summed E-state index contributed by atoms with van der Waals surface area (Å²) in [6.07, 6.45) is 0. The molecule has 132 valence electrons. The van der Waals surface area contributed by atoms with Crippen LogP contribution in [0.5, 0.6) is 0 Å². The van der Waals surface area contributed by atoms with Gasteiger partial charge in [-0.1, -0.05) is 49.5 Å². The molecule has 0 radical (unpaired) electrons. The van der Waals surface area contributed by atoms with Gasteiger partial charge in [0, 0.05) is 5.56 Å². The number of hydrogen-bond donors (Lipinski definition) is 1. The topological polar surface area (TPSA) is 46.2 Å². The van der Waals surface area contributed by atoms with Gasteiger partial charge in [-0.3, -0.25) is 4.72 Å². The maximum atomic E-state index is 12.6. The highest BCUT2D eigenvalue weighted by atomic mass is 32.2. The molecule has 0 saturated carbocycles. The van der Waals surface area contributed by atoms with E-state index in [9.17, 15) is 8.42 Å². The number of rotatable bonds is 4. The van der Waals surface area contributed by atoms with Gasteiger partial charge in [0.2, 0.25) is 10.0 Å². The summed E-state index contributed by atoms with van der Waals surface area (Å²) in [5, 5.41) is 0.728. The molecule has 3 nitrogen and oxygen atoms in total. The van der Waals surface area contributed by atoms with Gasteiger partial charge >= 0.3 is 0 Å². The largest absolute Gasteiger partial charge is 0.273 e. The quantitative estimate of drug-likeness (QED) is 0.773. The summed E-state index contributed by atoms with van der Waals surface area (Å²) in [5.74, 6) is 0. The average Bonchev–Trinajstić information content (AvgIpc) is 2.81. The third kappa shape index (κ3) is 4.10. The smallest absolute Gasteiger partial charge is 0.238 e. The first-order valence-electron chi connectivity index (χ1n) is 8.05. The van der Waals surface area contributed by atoms with Crippen LogP contribution < -0.4 is 9.22 Å². The first kappa shape index (κ1) is 19.2. The lowest BCUT2D eigenvalue weighted by atomic mass is 10.1. The van der Waals surface area contributed by atoms with Gasteiger partial charge in [0.1, 0.15) is 5.00 Å². The van der Waals surface area contributed by atoms with E-state index in [1.807, 2.05) is 6.92 Å². The van der Waals surface area contributed by atoms with E-state index in [1.165, 1.54) is 10.1 Å². The van der Waals surface area contributed by atoms with Gasteiger partial charge in [-0.15, -0.1) is 11.3 Å². The maximum absolute atomic E-state index is 12.6. The van der Waals surface area contributed by atoms with E-state index in [2.05, 4.69) is 54.7 Å². The molecule has 6 heteroatoms. The van der Waals surface area contributed by atoms with Gasteiger partial charge in [0.05, 0.1) is 12.8 Å². The molecule has 2 aromatic rings. The van der Waals surface area contributed by atoms with E-state index in [0.29, 0.717) is 0 Å². The minimum atomic E-state index is -3.45. The molecule has 0 amide bonds. The zero-order valence-corrected chi connectivity index (χ0v) is 18.2. The van der Waals surface area contributed by atoms with Crippen molar-refractivity contribution in [3.8, 4) is 11.1 Å². The van der Waals surface area contributed by atoms with Crippen molar-refractivity contribution in [2.45, 2.75) is 52.1 Å². The number of anilines is 1. The molecule has 24 heavy (non-hydrogen) atoms. The summed E-state index contributed by atoms with van der Waals surface area (Å²) in [6, 6.07) is 10.4. The monoisotopic (exact) mass is 381 g/mol. The van der Waals surface area contributed by atoms with Crippen LogP contribution in [0.1, 0.15) is 26.3 Å². The Kier molecular flexibility index (Phi) is 5.06. The third-order valence-corrected chi connectivity index (χ3v) is 10.7. The Balaban J connectivity index is 2.57.